The van der Waals surface area contributed by atoms with Crippen LogP contribution >= 0.6 is 0 Å². The van der Waals surface area contributed by atoms with Gasteiger partial charge in [0.25, 0.3) is 0 Å². The second-order valence-electron chi connectivity index (χ2n) is 4.23. The lowest BCUT2D eigenvalue weighted by molar-refractivity contribution is -0.136. The fourth-order valence-corrected chi connectivity index (χ4v) is 2.27. The molecule has 0 atom stereocenters. The van der Waals surface area contributed by atoms with E-state index in [1.54, 1.807) is 0 Å². The molecule has 2 rings (SSSR count). The Morgan fingerprint density at radius 2 is 2.25 bits per heavy atom. The second kappa shape index (κ2) is 4.12. The molecule has 1 aromatic rings. The largest absolute Gasteiger partial charge is 0.481 e. The van der Waals surface area contributed by atoms with Gasteiger partial charge in [-0.1, -0.05) is 0 Å². The standard InChI is InChI=1S/C12H15NO3/c1-13-8(5-6-12(15)16)7-9-10(13)3-2-4-11(9)14/h7H,2-6H2,1H3,(H,15,16). The highest BCUT2D eigenvalue weighted by atomic mass is 16.4. The number of nitrogens with zero attached hydrogens (tertiary/aromatic N) is 1. The molecule has 0 saturated carbocycles. The van der Waals surface area contributed by atoms with E-state index in [0.717, 1.165) is 29.8 Å². The smallest absolute Gasteiger partial charge is 0.303 e. The molecule has 1 aliphatic carbocycles. The molecule has 0 amide bonds. The molecule has 0 radical (unpaired) electrons. The molecule has 0 aromatic carbocycles. The van der Waals surface area contributed by atoms with Crippen LogP contribution in [0.2, 0.25) is 0 Å². The molecule has 1 heterocycles. The lowest BCUT2D eigenvalue weighted by Crippen LogP contribution is -2.12. The van der Waals surface area contributed by atoms with Gasteiger partial charge in [-0.3, -0.25) is 9.59 Å². The summed E-state index contributed by atoms with van der Waals surface area (Å²) in [5, 5.41) is 8.64. The van der Waals surface area contributed by atoms with Gasteiger partial charge in [-0.15, -0.1) is 0 Å². The van der Waals surface area contributed by atoms with Crippen molar-refractivity contribution < 1.29 is 14.7 Å². The Balaban J connectivity index is 2.27. The SMILES string of the molecule is Cn1c(CCC(=O)O)cc2c1CCCC2=O. The maximum Gasteiger partial charge on any atom is 0.303 e. The van der Waals surface area contributed by atoms with Crippen molar-refractivity contribution in [2.24, 2.45) is 7.05 Å². The third-order valence-electron chi connectivity index (χ3n) is 3.17. The quantitative estimate of drug-likeness (QED) is 0.842. The van der Waals surface area contributed by atoms with Crippen molar-refractivity contribution in [2.75, 3.05) is 0 Å². The number of hydrogen-bond acceptors (Lipinski definition) is 2. The van der Waals surface area contributed by atoms with Gasteiger partial charge in [-0.2, -0.15) is 0 Å². The van der Waals surface area contributed by atoms with Crippen LogP contribution in [0.5, 0.6) is 0 Å². The second-order valence-corrected chi connectivity index (χ2v) is 4.23. The van der Waals surface area contributed by atoms with Gasteiger partial charge in [0.05, 0.1) is 6.42 Å². The van der Waals surface area contributed by atoms with Crippen LogP contribution in [0.1, 0.15) is 41.0 Å². The Bertz CT molecular complexity index is 445. The molecule has 4 heteroatoms. The first-order chi connectivity index (χ1) is 7.59. The maximum absolute atomic E-state index is 11.7. The van der Waals surface area contributed by atoms with Crippen molar-refractivity contribution in [3.05, 3.63) is 23.0 Å². The minimum Gasteiger partial charge on any atom is -0.481 e. The van der Waals surface area contributed by atoms with E-state index in [4.69, 9.17) is 5.11 Å². The number of carboxylic acid groups (broad SMARTS) is 1. The van der Waals surface area contributed by atoms with Gasteiger partial charge in [0.2, 0.25) is 0 Å². The highest BCUT2D eigenvalue weighted by molar-refractivity contribution is 5.98. The van der Waals surface area contributed by atoms with Crippen LogP contribution < -0.4 is 0 Å². The zero-order chi connectivity index (χ0) is 11.7. The minimum absolute atomic E-state index is 0.116. The molecule has 86 valence electrons. The summed E-state index contributed by atoms with van der Waals surface area (Å²) in [6.45, 7) is 0. The molecule has 0 unspecified atom stereocenters. The van der Waals surface area contributed by atoms with Crippen LogP contribution in [0, 0.1) is 0 Å². The van der Waals surface area contributed by atoms with Crippen LogP contribution in [0.3, 0.4) is 0 Å². The molecule has 1 aliphatic rings. The molecule has 1 aromatic heterocycles. The van der Waals surface area contributed by atoms with Crippen LogP contribution in [0.4, 0.5) is 0 Å². The Morgan fingerprint density at radius 1 is 1.50 bits per heavy atom. The van der Waals surface area contributed by atoms with Gasteiger partial charge < -0.3 is 9.67 Å². The molecular weight excluding hydrogens is 206 g/mol. The molecule has 0 saturated heterocycles. The van der Waals surface area contributed by atoms with E-state index in [9.17, 15) is 9.59 Å². The summed E-state index contributed by atoms with van der Waals surface area (Å²) in [5.41, 5.74) is 2.81. The third-order valence-corrected chi connectivity index (χ3v) is 3.17. The van der Waals surface area contributed by atoms with Gasteiger partial charge >= 0.3 is 5.97 Å². The van der Waals surface area contributed by atoms with E-state index in [1.165, 1.54) is 0 Å². The topological polar surface area (TPSA) is 59.3 Å². The van der Waals surface area contributed by atoms with Crippen LogP contribution in [0.25, 0.3) is 0 Å². The van der Waals surface area contributed by atoms with Gasteiger partial charge in [0, 0.05) is 30.4 Å². The zero-order valence-corrected chi connectivity index (χ0v) is 9.32. The van der Waals surface area contributed by atoms with E-state index >= 15 is 0 Å². The summed E-state index contributed by atoms with van der Waals surface area (Å²) in [4.78, 5) is 22.2. The number of carbonyl (C=O) groups is 2. The molecular formula is C12H15NO3. The fourth-order valence-electron chi connectivity index (χ4n) is 2.27. The van der Waals surface area contributed by atoms with E-state index in [1.807, 2.05) is 17.7 Å². The number of carbonyl (C=O) groups excluding carboxylic acids is 1. The van der Waals surface area contributed by atoms with Gasteiger partial charge in [-0.05, 0) is 25.3 Å². The summed E-state index contributed by atoms with van der Waals surface area (Å²) in [6.07, 6.45) is 3.05. The van der Waals surface area contributed by atoms with E-state index in [-0.39, 0.29) is 12.2 Å². The lowest BCUT2D eigenvalue weighted by Gasteiger charge is -2.12. The van der Waals surface area contributed by atoms with E-state index < -0.39 is 5.97 Å². The number of ketones is 1. The predicted molar refractivity (Wildman–Crippen MR) is 58.6 cm³/mol. The monoisotopic (exact) mass is 221 g/mol. The zero-order valence-electron chi connectivity index (χ0n) is 9.32. The third kappa shape index (κ3) is 1.87. The molecule has 0 bridgehead atoms. The number of Topliss-reactive ketones (excluding diaryl/α,β-unsaturated/α-hetero) is 1. The lowest BCUT2D eigenvalue weighted by atomic mass is 9.96. The highest BCUT2D eigenvalue weighted by Crippen LogP contribution is 2.24. The summed E-state index contributed by atoms with van der Waals surface area (Å²) >= 11 is 0. The molecule has 16 heavy (non-hydrogen) atoms. The Hall–Kier alpha value is -1.58. The summed E-state index contributed by atoms with van der Waals surface area (Å²) in [7, 11) is 1.91. The van der Waals surface area contributed by atoms with Crippen molar-refractivity contribution in [1.29, 1.82) is 0 Å². The van der Waals surface area contributed by atoms with Crippen molar-refractivity contribution in [3.63, 3.8) is 0 Å². The first-order valence-electron chi connectivity index (χ1n) is 5.52. The Morgan fingerprint density at radius 3 is 2.88 bits per heavy atom. The molecule has 0 fully saturated rings. The summed E-state index contributed by atoms with van der Waals surface area (Å²) in [6, 6.07) is 1.86. The molecule has 4 nitrogen and oxygen atoms in total. The first kappa shape index (κ1) is 10.9. The van der Waals surface area contributed by atoms with Crippen molar-refractivity contribution in [1.82, 2.24) is 4.57 Å². The van der Waals surface area contributed by atoms with Crippen molar-refractivity contribution in [3.8, 4) is 0 Å². The molecule has 0 aliphatic heterocycles. The van der Waals surface area contributed by atoms with Crippen molar-refractivity contribution in [2.45, 2.75) is 32.1 Å². The number of aromatic nitrogens is 1. The number of hydrogen-bond donors (Lipinski definition) is 1. The van der Waals surface area contributed by atoms with Gasteiger partial charge in [0.15, 0.2) is 5.78 Å². The van der Waals surface area contributed by atoms with Crippen molar-refractivity contribution >= 4 is 11.8 Å². The van der Waals surface area contributed by atoms with Crippen LogP contribution in [-0.2, 0) is 24.7 Å². The number of aryl methyl sites for hydroxylation is 1. The average Bonchev–Trinajstić information content (AvgIpc) is 2.55. The van der Waals surface area contributed by atoms with E-state index in [0.29, 0.717) is 12.8 Å². The van der Waals surface area contributed by atoms with Gasteiger partial charge in [0.1, 0.15) is 0 Å². The summed E-state index contributed by atoms with van der Waals surface area (Å²) in [5.74, 6) is -0.607. The average molecular weight is 221 g/mol. The summed E-state index contributed by atoms with van der Waals surface area (Å²) < 4.78 is 1.98. The van der Waals surface area contributed by atoms with E-state index in [2.05, 4.69) is 0 Å². The number of fused-ring (bicyclic) bond motifs is 1. The number of aliphatic carboxylic acids is 1. The fraction of sp³-hybridized carbons (Fsp3) is 0.500. The number of carboxylic acids is 1. The Kier molecular flexibility index (Phi) is 2.81. The van der Waals surface area contributed by atoms with Crippen LogP contribution in [0.15, 0.2) is 6.07 Å². The number of rotatable bonds is 3. The predicted octanol–water partition coefficient (Wildman–Crippen LogP) is 1.56. The minimum atomic E-state index is -0.800. The highest BCUT2D eigenvalue weighted by Gasteiger charge is 2.22. The maximum atomic E-state index is 11.7. The normalized spacial score (nSPS) is 14.9. The molecule has 0 spiro atoms. The molecule has 1 N–H and O–H groups in total. The van der Waals surface area contributed by atoms with Gasteiger partial charge in [-0.25, -0.2) is 0 Å². The van der Waals surface area contributed by atoms with Crippen LogP contribution in [-0.4, -0.2) is 21.4 Å². The Labute approximate surface area is 93.9 Å². The first-order valence-corrected chi connectivity index (χ1v) is 5.52.